The number of piperidine rings is 1. The number of amides is 3. The number of primary amides is 1. The number of rotatable bonds is 4. The van der Waals surface area contributed by atoms with Crippen LogP contribution in [0.4, 0.5) is 5.69 Å². The van der Waals surface area contributed by atoms with Gasteiger partial charge in [0.2, 0.25) is 11.8 Å². The third-order valence-corrected chi connectivity index (χ3v) is 5.69. The van der Waals surface area contributed by atoms with Crippen LogP contribution < -0.4 is 16.8 Å². The third-order valence-electron chi connectivity index (χ3n) is 5.69. The lowest BCUT2D eigenvalue weighted by Gasteiger charge is -2.31. The molecule has 2 atom stereocenters. The number of likely N-dealkylation sites (tertiary alicyclic amines) is 1. The molecule has 1 saturated carbocycles. The van der Waals surface area contributed by atoms with Gasteiger partial charge in [0.25, 0.3) is 5.91 Å². The maximum Gasteiger partial charge on any atom is 0.255 e. The van der Waals surface area contributed by atoms with E-state index in [2.05, 4.69) is 5.32 Å². The number of nitrogens with one attached hydrogen (secondary N) is 1. The molecule has 3 rings (SSSR count). The summed E-state index contributed by atoms with van der Waals surface area (Å²) in [6, 6.07) is 7.14. The topological polar surface area (TPSA) is 119 Å². The molecule has 5 N–H and O–H groups in total. The zero-order chi connectivity index (χ0) is 19.4. The monoisotopic (exact) mass is 372 g/mol. The zero-order valence-corrected chi connectivity index (χ0v) is 15.5. The van der Waals surface area contributed by atoms with Gasteiger partial charge < -0.3 is 21.7 Å². The lowest BCUT2D eigenvalue weighted by atomic mass is 9.85. The van der Waals surface area contributed by atoms with Gasteiger partial charge in [-0.05, 0) is 44.2 Å². The van der Waals surface area contributed by atoms with Crippen molar-refractivity contribution in [2.45, 2.75) is 44.6 Å². The molecule has 146 valence electrons. The summed E-state index contributed by atoms with van der Waals surface area (Å²) in [5, 5.41) is 2.93. The first-order valence-electron chi connectivity index (χ1n) is 9.69. The van der Waals surface area contributed by atoms with Gasteiger partial charge in [-0.15, -0.1) is 0 Å². The fourth-order valence-corrected chi connectivity index (χ4v) is 4.02. The molecule has 0 radical (unpaired) electrons. The summed E-state index contributed by atoms with van der Waals surface area (Å²) in [4.78, 5) is 38.6. The van der Waals surface area contributed by atoms with Crippen molar-refractivity contribution in [3.63, 3.8) is 0 Å². The number of carbonyl (C=O) groups is 3. The molecular weight excluding hydrogens is 344 g/mol. The van der Waals surface area contributed by atoms with Gasteiger partial charge in [0.05, 0.1) is 11.3 Å². The Morgan fingerprint density at radius 1 is 1.00 bits per heavy atom. The Morgan fingerprint density at radius 3 is 2.37 bits per heavy atom. The zero-order valence-electron chi connectivity index (χ0n) is 15.5. The number of benzene rings is 1. The van der Waals surface area contributed by atoms with Crippen LogP contribution in [0.1, 0.15) is 48.9 Å². The van der Waals surface area contributed by atoms with Gasteiger partial charge in [-0.2, -0.15) is 0 Å². The fraction of sp³-hybridized carbons (Fsp3) is 0.550. The highest BCUT2D eigenvalue weighted by atomic mass is 16.2. The summed E-state index contributed by atoms with van der Waals surface area (Å²) < 4.78 is 0. The van der Waals surface area contributed by atoms with E-state index in [1.165, 1.54) is 0 Å². The number of para-hydroxylation sites is 1. The summed E-state index contributed by atoms with van der Waals surface area (Å²) in [5.74, 6) is -0.782. The molecule has 1 heterocycles. The molecule has 0 bridgehead atoms. The summed E-state index contributed by atoms with van der Waals surface area (Å²) in [5.41, 5.74) is 12.4. The third kappa shape index (κ3) is 4.66. The molecule has 1 aliphatic heterocycles. The Kier molecular flexibility index (Phi) is 6.11. The second-order valence-corrected chi connectivity index (χ2v) is 7.63. The maximum atomic E-state index is 12.9. The number of nitrogens with two attached hydrogens (primary N) is 2. The van der Waals surface area contributed by atoms with Crippen LogP contribution in [0.2, 0.25) is 0 Å². The first kappa shape index (κ1) is 19.4. The van der Waals surface area contributed by atoms with E-state index in [1.54, 1.807) is 29.2 Å². The second-order valence-electron chi connectivity index (χ2n) is 7.63. The van der Waals surface area contributed by atoms with Gasteiger partial charge in [0, 0.05) is 31.0 Å². The Balaban J connectivity index is 1.67. The lowest BCUT2D eigenvalue weighted by molar-refractivity contribution is -0.123. The minimum Gasteiger partial charge on any atom is -0.369 e. The van der Waals surface area contributed by atoms with E-state index in [4.69, 9.17) is 11.5 Å². The highest BCUT2D eigenvalue weighted by molar-refractivity contribution is 6.04. The first-order valence-corrected chi connectivity index (χ1v) is 9.69. The fourth-order valence-electron chi connectivity index (χ4n) is 4.02. The van der Waals surface area contributed by atoms with E-state index in [0.29, 0.717) is 43.6 Å². The molecular formula is C20H28N4O3. The van der Waals surface area contributed by atoms with Crippen molar-refractivity contribution in [2.75, 3.05) is 18.4 Å². The molecule has 1 aliphatic carbocycles. The molecule has 7 nitrogen and oxygen atoms in total. The quantitative estimate of drug-likeness (QED) is 0.742. The largest absolute Gasteiger partial charge is 0.369 e. The molecule has 3 amide bonds. The van der Waals surface area contributed by atoms with Gasteiger partial charge in [-0.25, -0.2) is 0 Å². The Morgan fingerprint density at radius 2 is 1.70 bits per heavy atom. The van der Waals surface area contributed by atoms with Crippen LogP contribution in [0.25, 0.3) is 0 Å². The predicted molar refractivity (Wildman–Crippen MR) is 103 cm³/mol. The van der Waals surface area contributed by atoms with Crippen molar-refractivity contribution in [3.05, 3.63) is 29.8 Å². The molecule has 1 saturated heterocycles. The van der Waals surface area contributed by atoms with E-state index in [-0.39, 0.29) is 35.6 Å². The molecule has 2 unspecified atom stereocenters. The molecule has 2 fully saturated rings. The molecule has 1 aromatic carbocycles. The molecule has 0 spiro atoms. The van der Waals surface area contributed by atoms with Gasteiger partial charge in [0.1, 0.15) is 0 Å². The molecule has 1 aromatic rings. The summed E-state index contributed by atoms with van der Waals surface area (Å²) in [7, 11) is 0. The second kappa shape index (κ2) is 8.52. The maximum absolute atomic E-state index is 12.9. The predicted octanol–water partition coefficient (Wildman–Crippen LogP) is 1.48. The van der Waals surface area contributed by atoms with E-state index >= 15 is 0 Å². The summed E-state index contributed by atoms with van der Waals surface area (Å²) in [6.45, 7) is 0.985. The molecule has 0 aromatic heterocycles. The van der Waals surface area contributed by atoms with Crippen LogP contribution >= 0.6 is 0 Å². The van der Waals surface area contributed by atoms with E-state index in [1.807, 2.05) is 0 Å². The van der Waals surface area contributed by atoms with Gasteiger partial charge >= 0.3 is 0 Å². The Bertz CT molecular complexity index is 713. The number of nitrogens with zero attached hydrogens (tertiary/aromatic N) is 1. The van der Waals surface area contributed by atoms with Gasteiger partial charge in [-0.1, -0.05) is 18.6 Å². The van der Waals surface area contributed by atoms with Crippen molar-refractivity contribution in [2.24, 2.45) is 23.3 Å². The highest BCUT2D eigenvalue weighted by Crippen LogP contribution is 2.26. The van der Waals surface area contributed by atoms with Crippen LogP contribution in [-0.2, 0) is 9.59 Å². The van der Waals surface area contributed by atoms with Crippen LogP contribution in [0.15, 0.2) is 24.3 Å². The molecule has 27 heavy (non-hydrogen) atoms. The van der Waals surface area contributed by atoms with Crippen LogP contribution in [0.3, 0.4) is 0 Å². The summed E-state index contributed by atoms with van der Waals surface area (Å²) in [6.07, 6.45) is 4.58. The first-order chi connectivity index (χ1) is 13.0. The van der Waals surface area contributed by atoms with Crippen molar-refractivity contribution in [1.82, 2.24) is 4.90 Å². The van der Waals surface area contributed by atoms with Crippen molar-refractivity contribution < 1.29 is 14.4 Å². The van der Waals surface area contributed by atoms with Crippen LogP contribution in [-0.4, -0.2) is 41.8 Å². The number of hydrogen-bond donors (Lipinski definition) is 3. The summed E-state index contributed by atoms with van der Waals surface area (Å²) >= 11 is 0. The number of anilines is 1. The van der Waals surface area contributed by atoms with E-state index in [9.17, 15) is 14.4 Å². The van der Waals surface area contributed by atoms with Crippen molar-refractivity contribution in [3.8, 4) is 0 Å². The smallest absolute Gasteiger partial charge is 0.255 e. The average molecular weight is 372 g/mol. The normalized spacial score (nSPS) is 23.7. The average Bonchev–Trinajstić information content (AvgIpc) is 2.68. The standard InChI is InChI=1S/C20H28N4O3/c21-15-5-3-4-14(12-15)19(26)23-17-7-2-1-6-16(17)20(27)24-10-8-13(9-11-24)18(22)25/h1-2,6-7,13-15H,3-5,8-12,21H2,(H2,22,25)(H,23,26). The number of carbonyl (C=O) groups excluding carboxylic acids is 3. The SMILES string of the molecule is NC(=O)C1CCN(C(=O)c2ccccc2NC(=O)C2CCCC(N)C2)CC1. The van der Waals surface area contributed by atoms with Crippen LogP contribution in [0.5, 0.6) is 0 Å². The Labute approximate surface area is 159 Å². The number of hydrogen-bond acceptors (Lipinski definition) is 4. The van der Waals surface area contributed by atoms with Crippen molar-refractivity contribution in [1.29, 1.82) is 0 Å². The molecule has 7 heteroatoms. The van der Waals surface area contributed by atoms with Gasteiger partial charge in [0.15, 0.2) is 0 Å². The lowest BCUT2D eigenvalue weighted by Crippen LogP contribution is -2.42. The van der Waals surface area contributed by atoms with E-state index < -0.39 is 0 Å². The van der Waals surface area contributed by atoms with Crippen LogP contribution in [0, 0.1) is 11.8 Å². The Hall–Kier alpha value is -2.41. The van der Waals surface area contributed by atoms with Crippen molar-refractivity contribution >= 4 is 23.4 Å². The highest BCUT2D eigenvalue weighted by Gasteiger charge is 2.29. The van der Waals surface area contributed by atoms with Gasteiger partial charge in [-0.3, -0.25) is 14.4 Å². The minimum absolute atomic E-state index is 0.0675. The molecule has 2 aliphatic rings. The van der Waals surface area contributed by atoms with E-state index in [0.717, 1.165) is 19.3 Å². The minimum atomic E-state index is -0.305.